The van der Waals surface area contributed by atoms with Gasteiger partial charge in [0.05, 0.1) is 0 Å². The van der Waals surface area contributed by atoms with E-state index < -0.39 is 0 Å². The molecule has 3 nitrogen and oxygen atoms in total. The molecule has 1 fully saturated rings. The molecular formula is C13H26N2O. The molecule has 1 amide bonds. The fraction of sp³-hybridized carbons (Fsp3) is 0.923. The first-order valence-corrected chi connectivity index (χ1v) is 6.61. The predicted molar refractivity (Wildman–Crippen MR) is 67.0 cm³/mol. The van der Waals surface area contributed by atoms with Gasteiger partial charge in [-0.1, -0.05) is 33.1 Å². The highest BCUT2D eigenvalue weighted by atomic mass is 16.1. The van der Waals surface area contributed by atoms with Gasteiger partial charge in [0.2, 0.25) is 5.91 Å². The Morgan fingerprint density at radius 1 is 1.44 bits per heavy atom. The van der Waals surface area contributed by atoms with E-state index in [2.05, 4.69) is 12.2 Å². The third-order valence-electron chi connectivity index (χ3n) is 3.90. The summed E-state index contributed by atoms with van der Waals surface area (Å²) in [6.45, 7) is 5.59. The highest BCUT2D eigenvalue weighted by Crippen LogP contribution is 2.36. The van der Waals surface area contributed by atoms with E-state index in [-0.39, 0.29) is 17.2 Å². The van der Waals surface area contributed by atoms with E-state index in [9.17, 15) is 4.79 Å². The van der Waals surface area contributed by atoms with Crippen LogP contribution in [0.25, 0.3) is 0 Å². The first-order valence-electron chi connectivity index (χ1n) is 6.61. The fourth-order valence-corrected chi connectivity index (χ4v) is 2.59. The summed E-state index contributed by atoms with van der Waals surface area (Å²) in [7, 11) is 0. The molecule has 3 heteroatoms. The molecule has 0 saturated heterocycles. The minimum Gasteiger partial charge on any atom is -0.355 e. The van der Waals surface area contributed by atoms with Crippen LogP contribution in [0.2, 0.25) is 0 Å². The minimum absolute atomic E-state index is 0.140. The average molecular weight is 226 g/mol. The lowest BCUT2D eigenvalue weighted by molar-refractivity contribution is -0.125. The number of nitrogens with one attached hydrogen (secondary N) is 1. The van der Waals surface area contributed by atoms with Crippen LogP contribution in [0.4, 0.5) is 0 Å². The zero-order chi connectivity index (χ0) is 12.0. The van der Waals surface area contributed by atoms with Crippen LogP contribution in [0, 0.1) is 11.3 Å². The lowest BCUT2D eigenvalue weighted by atomic mass is 9.86. The summed E-state index contributed by atoms with van der Waals surface area (Å²) in [5.41, 5.74) is 6.03. The van der Waals surface area contributed by atoms with Crippen LogP contribution in [-0.4, -0.2) is 19.0 Å². The summed E-state index contributed by atoms with van der Waals surface area (Å²) < 4.78 is 0. The highest BCUT2D eigenvalue weighted by Gasteiger charge is 2.32. The third-order valence-corrected chi connectivity index (χ3v) is 3.90. The summed E-state index contributed by atoms with van der Waals surface area (Å²) in [5.74, 6) is 0.336. The summed E-state index contributed by atoms with van der Waals surface area (Å²) in [6, 6.07) is 0. The summed E-state index contributed by atoms with van der Waals surface area (Å²) in [6.07, 6.45) is 6.91. The van der Waals surface area contributed by atoms with E-state index in [1.807, 2.05) is 6.92 Å². The molecule has 0 spiro atoms. The van der Waals surface area contributed by atoms with Crippen molar-refractivity contribution in [1.82, 2.24) is 5.32 Å². The molecule has 0 aliphatic heterocycles. The molecule has 16 heavy (non-hydrogen) atoms. The molecule has 1 saturated carbocycles. The van der Waals surface area contributed by atoms with Gasteiger partial charge in [-0.3, -0.25) is 4.79 Å². The second-order valence-electron chi connectivity index (χ2n) is 5.32. The Bertz CT molecular complexity index is 222. The number of nitrogens with two attached hydrogens (primary N) is 1. The fourth-order valence-electron chi connectivity index (χ4n) is 2.59. The molecule has 94 valence electrons. The van der Waals surface area contributed by atoms with Gasteiger partial charge in [0.25, 0.3) is 0 Å². The van der Waals surface area contributed by atoms with Crippen LogP contribution in [0.3, 0.4) is 0 Å². The molecule has 0 aromatic carbocycles. The Balaban J connectivity index is 2.35. The Morgan fingerprint density at radius 3 is 2.56 bits per heavy atom. The third kappa shape index (κ3) is 3.48. The van der Waals surface area contributed by atoms with Crippen LogP contribution in [0.15, 0.2) is 0 Å². The van der Waals surface area contributed by atoms with Crippen molar-refractivity contribution in [2.45, 2.75) is 52.4 Å². The molecule has 1 rings (SSSR count). The number of rotatable bonds is 6. The Labute approximate surface area is 99.2 Å². The van der Waals surface area contributed by atoms with Gasteiger partial charge in [0, 0.05) is 12.5 Å². The van der Waals surface area contributed by atoms with Crippen LogP contribution >= 0.6 is 0 Å². The van der Waals surface area contributed by atoms with Crippen molar-refractivity contribution in [2.75, 3.05) is 13.1 Å². The standard InChI is InChI=1S/C13H26N2O/c1-3-6-11(2)12(16)15-10-13(9-14)7-4-5-8-13/h11H,3-10,14H2,1-2H3,(H,15,16). The SMILES string of the molecule is CCCC(C)C(=O)NCC1(CN)CCCC1. The molecule has 0 aromatic rings. The van der Waals surface area contributed by atoms with Gasteiger partial charge in [-0.25, -0.2) is 0 Å². The number of hydrogen-bond acceptors (Lipinski definition) is 2. The maximum atomic E-state index is 11.8. The van der Waals surface area contributed by atoms with Crippen LogP contribution in [0.5, 0.6) is 0 Å². The first kappa shape index (κ1) is 13.5. The van der Waals surface area contributed by atoms with Crippen molar-refractivity contribution >= 4 is 5.91 Å². The van der Waals surface area contributed by atoms with Crippen molar-refractivity contribution < 1.29 is 4.79 Å². The van der Waals surface area contributed by atoms with E-state index in [1.165, 1.54) is 25.7 Å². The molecule has 3 N–H and O–H groups in total. The van der Waals surface area contributed by atoms with Crippen molar-refractivity contribution in [3.63, 3.8) is 0 Å². The van der Waals surface area contributed by atoms with E-state index in [4.69, 9.17) is 5.73 Å². The summed E-state index contributed by atoms with van der Waals surface area (Å²) >= 11 is 0. The number of hydrogen-bond donors (Lipinski definition) is 2. The van der Waals surface area contributed by atoms with Gasteiger partial charge in [0.15, 0.2) is 0 Å². The summed E-state index contributed by atoms with van der Waals surface area (Å²) in [4.78, 5) is 11.8. The molecule has 1 unspecified atom stereocenters. The van der Waals surface area contributed by atoms with E-state index in [0.717, 1.165) is 19.4 Å². The maximum Gasteiger partial charge on any atom is 0.222 e. The van der Waals surface area contributed by atoms with Gasteiger partial charge < -0.3 is 11.1 Å². The zero-order valence-electron chi connectivity index (χ0n) is 10.7. The second kappa shape index (κ2) is 6.24. The number of carbonyl (C=O) groups excluding carboxylic acids is 1. The maximum absolute atomic E-state index is 11.8. The predicted octanol–water partition coefficient (Wildman–Crippen LogP) is 2.06. The summed E-state index contributed by atoms with van der Waals surface area (Å²) in [5, 5.41) is 3.08. The van der Waals surface area contributed by atoms with Crippen LogP contribution < -0.4 is 11.1 Å². The Kier molecular flexibility index (Phi) is 5.26. The highest BCUT2D eigenvalue weighted by molar-refractivity contribution is 5.78. The monoisotopic (exact) mass is 226 g/mol. The van der Waals surface area contributed by atoms with E-state index in [1.54, 1.807) is 0 Å². The van der Waals surface area contributed by atoms with Crippen molar-refractivity contribution in [1.29, 1.82) is 0 Å². The van der Waals surface area contributed by atoms with Crippen LogP contribution in [0.1, 0.15) is 52.4 Å². The lowest BCUT2D eigenvalue weighted by Gasteiger charge is -2.28. The van der Waals surface area contributed by atoms with Gasteiger partial charge in [-0.2, -0.15) is 0 Å². The van der Waals surface area contributed by atoms with Gasteiger partial charge in [-0.15, -0.1) is 0 Å². The van der Waals surface area contributed by atoms with E-state index in [0.29, 0.717) is 6.54 Å². The van der Waals surface area contributed by atoms with E-state index >= 15 is 0 Å². The number of amides is 1. The number of carbonyl (C=O) groups is 1. The Hall–Kier alpha value is -0.570. The average Bonchev–Trinajstić information content (AvgIpc) is 2.75. The van der Waals surface area contributed by atoms with Crippen molar-refractivity contribution in [2.24, 2.45) is 17.1 Å². The molecular weight excluding hydrogens is 200 g/mol. The van der Waals surface area contributed by atoms with Gasteiger partial charge >= 0.3 is 0 Å². The topological polar surface area (TPSA) is 55.1 Å². The van der Waals surface area contributed by atoms with Crippen LogP contribution in [-0.2, 0) is 4.79 Å². The molecule has 0 bridgehead atoms. The molecule has 0 radical (unpaired) electrons. The molecule has 1 aliphatic rings. The van der Waals surface area contributed by atoms with Gasteiger partial charge in [-0.05, 0) is 31.2 Å². The molecule has 0 aromatic heterocycles. The smallest absolute Gasteiger partial charge is 0.222 e. The van der Waals surface area contributed by atoms with Crippen molar-refractivity contribution in [3.05, 3.63) is 0 Å². The zero-order valence-corrected chi connectivity index (χ0v) is 10.7. The molecule has 0 heterocycles. The quantitative estimate of drug-likeness (QED) is 0.728. The normalized spacial score (nSPS) is 20.7. The lowest BCUT2D eigenvalue weighted by Crippen LogP contribution is -2.42. The second-order valence-corrected chi connectivity index (χ2v) is 5.32. The van der Waals surface area contributed by atoms with Crippen molar-refractivity contribution in [3.8, 4) is 0 Å². The minimum atomic E-state index is 0.140. The van der Waals surface area contributed by atoms with Gasteiger partial charge in [0.1, 0.15) is 0 Å². The first-order chi connectivity index (χ1) is 7.63. The largest absolute Gasteiger partial charge is 0.355 e. The molecule has 1 atom stereocenters. The molecule has 1 aliphatic carbocycles. The Morgan fingerprint density at radius 2 is 2.06 bits per heavy atom.